The van der Waals surface area contributed by atoms with Gasteiger partial charge in [-0.2, -0.15) is 0 Å². The average molecular weight is 223 g/mol. The predicted octanol–water partition coefficient (Wildman–Crippen LogP) is -2.98. The molecule has 0 atom stereocenters. The van der Waals surface area contributed by atoms with Crippen LogP contribution in [0.5, 0.6) is 0 Å². The van der Waals surface area contributed by atoms with Crippen molar-refractivity contribution in [2.45, 2.75) is 0 Å². The molecule has 0 aromatic carbocycles. The van der Waals surface area contributed by atoms with E-state index in [4.69, 9.17) is 4.70 Å². The SMILES string of the molecule is B=O.[CaH2].[KH].[NaH].[Y]. The number of hydrogen-bond donors (Lipinski definition) is 0. The van der Waals surface area contributed by atoms with Crippen molar-refractivity contribution in [2.24, 2.45) is 0 Å². The van der Waals surface area contributed by atoms with Gasteiger partial charge in [0.25, 0.3) is 0 Å². The van der Waals surface area contributed by atoms with Gasteiger partial charge in [-0.3, -0.25) is 0 Å². The molecule has 0 unspecified atom stereocenters. The normalized spacial score (nSPS) is 0.500. The van der Waals surface area contributed by atoms with Gasteiger partial charge in [-0.15, -0.1) is 0 Å². The Morgan fingerprint density at radius 2 is 1.17 bits per heavy atom. The molecule has 21 valence electrons. The topological polar surface area (TPSA) is 17.1 Å². The quantitative estimate of drug-likeness (QED) is 0.400. The molecule has 0 heterocycles. The predicted molar refractivity (Wildman–Crippen MR) is 30.7 cm³/mol. The Balaban J connectivity index is -0.000000000833. The molecule has 0 aliphatic carbocycles. The van der Waals surface area contributed by atoms with Crippen molar-refractivity contribution in [3.05, 3.63) is 0 Å². The van der Waals surface area contributed by atoms with Gasteiger partial charge in [0, 0.05) is 32.7 Å². The van der Waals surface area contributed by atoms with Gasteiger partial charge in [-0.1, -0.05) is 0 Å². The van der Waals surface area contributed by atoms with E-state index in [-0.39, 0.29) is 151 Å². The van der Waals surface area contributed by atoms with Gasteiger partial charge in [0.1, 0.15) is 0 Å². The summed E-state index contributed by atoms with van der Waals surface area (Å²) in [5.41, 5.74) is 0. The van der Waals surface area contributed by atoms with Crippen LogP contribution in [0, 0.1) is 0 Å². The molecule has 0 saturated heterocycles. The molecule has 6 heavy (non-hydrogen) atoms. The molecule has 1 radical (unpaired) electrons. The Morgan fingerprint density at radius 1 is 1.17 bits per heavy atom. The van der Waals surface area contributed by atoms with Crippen molar-refractivity contribution in [2.75, 3.05) is 0 Å². The Labute approximate surface area is 159 Å². The van der Waals surface area contributed by atoms with Gasteiger partial charge in [0.2, 0.25) is 0 Å². The van der Waals surface area contributed by atoms with Gasteiger partial charge in [0.15, 0.2) is 0 Å². The first-order valence-corrected chi connectivity index (χ1v) is 0.289. The van der Waals surface area contributed by atoms with E-state index >= 15 is 0 Å². The fraction of sp³-hybridized carbons (Fsp3) is 0. The van der Waals surface area contributed by atoms with Gasteiger partial charge >= 0.3 is 131 Å². The first kappa shape index (κ1) is 30.7. The van der Waals surface area contributed by atoms with E-state index in [1.54, 1.807) is 0 Å². The maximum atomic E-state index is 8.00. The van der Waals surface area contributed by atoms with Crippen molar-refractivity contribution in [1.29, 1.82) is 0 Å². The number of rotatable bonds is 0. The maximum Gasteiger partial charge on any atom is 0 e. The summed E-state index contributed by atoms with van der Waals surface area (Å²) < 4.78 is 8.00. The van der Waals surface area contributed by atoms with Gasteiger partial charge in [0.05, 0.1) is 0 Å². The van der Waals surface area contributed by atoms with Crippen molar-refractivity contribution in [1.82, 2.24) is 0 Å². The molecule has 0 spiro atoms. The zero-order valence-electron chi connectivity index (χ0n) is 1.69. The molecule has 0 fully saturated rings. The van der Waals surface area contributed by atoms with Crippen LogP contribution in [0.3, 0.4) is 0 Å². The van der Waals surface area contributed by atoms with Gasteiger partial charge in [-0.25, -0.2) is 0 Å². The first-order chi connectivity index (χ1) is 1.00. The van der Waals surface area contributed by atoms with Crippen molar-refractivity contribution in [3.8, 4) is 0 Å². The van der Waals surface area contributed by atoms with Crippen LogP contribution in [0.4, 0.5) is 0 Å². The molecule has 0 rings (SSSR count). The summed E-state index contributed by atoms with van der Waals surface area (Å²) in [4.78, 5) is 0. The molecular weight excluding hydrogens is 218 g/mol. The van der Waals surface area contributed by atoms with Crippen LogP contribution in [0.1, 0.15) is 0 Å². The van der Waals surface area contributed by atoms with E-state index in [0.29, 0.717) is 0 Å². The van der Waals surface area contributed by atoms with E-state index in [1.807, 2.05) is 7.72 Å². The maximum absolute atomic E-state index is 8.00. The average Bonchev–Trinajstić information content (AvgIpc) is 1.00. The van der Waals surface area contributed by atoms with Crippen LogP contribution < -0.4 is 0 Å². The molecule has 0 aliphatic rings. The fourth-order valence-electron chi connectivity index (χ4n) is 0. The molecule has 0 aromatic rings. The monoisotopic (exact) mass is 223 g/mol. The molecule has 0 bridgehead atoms. The largest absolute Gasteiger partial charge is 0 e. The van der Waals surface area contributed by atoms with Crippen molar-refractivity contribution >= 4 is 126 Å². The summed E-state index contributed by atoms with van der Waals surface area (Å²) in [6, 6.07) is 0. The van der Waals surface area contributed by atoms with Crippen LogP contribution >= 0.6 is 0 Å². The van der Waals surface area contributed by atoms with E-state index in [1.165, 1.54) is 0 Å². The summed E-state index contributed by atoms with van der Waals surface area (Å²) in [5, 5.41) is 0. The Morgan fingerprint density at radius 3 is 1.17 bits per heavy atom. The summed E-state index contributed by atoms with van der Waals surface area (Å²) >= 11 is 0. The number of hydrogen-bond acceptors (Lipinski definition) is 1. The molecule has 0 aliphatic heterocycles. The Hall–Kier alpha value is 4.86. The summed E-state index contributed by atoms with van der Waals surface area (Å²) in [5.74, 6) is 0. The van der Waals surface area contributed by atoms with Crippen LogP contribution in [0.2, 0.25) is 0 Å². The van der Waals surface area contributed by atoms with Crippen molar-refractivity contribution < 1.29 is 37.4 Å². The zero-order valence-corrected chi connectivity index (χ0v) is 4.53. The standard InChI is InChI=1S/BHO.Ca.K.Na.Y.4H/c1-2;;;;;;;;/h1H;;;;;;;;. The molecule has 1 nitrogen and oxygen atoms in total. The molecule has 0 aromatic heterocycles. The second-order valence-electron chi connectivity index (χ2n) is 0. The second-order valence-corrected chi connectivity index (χ2v) is 0. The smallest absolute Gasteiger partial charge is 0 e. The van der Waals surface area contributed by atoms with Crippen LogP contribution in [-0.4, -0.2) is 126 Å². The molecule has 0 saturated carbocycles. The fourth-order valence-corrected chi connectivity index (χ4v) is 0. The van der Waals surface area contributed by atoms with Gasteiger partial charge < -0.3 is 0 Å². The summed E-state index contributed by atoms with van der Waals surface area (Å²) in [6.07, 6.45) is 0. The van der Waals surface area contributed by atoms with E-state index in [0.717, 1.165) is 0 Å². The minimum absolute atomic E-state index is 0. The molecule has 0 amide bonds. The molecular formula is H5BCaKNaOY. The van der Waals surface area contributed by atoms with Gasteiger partial charge in [-0.05, 0) is 0 Å². The zero-order chi connectivity index (χ0) is 2.00. The van der Waals surface area contributed by atoms with Crippen LogP contribution in [0.25, 0.3) is 0 Å². The third-order valence-corrected chi connectivity index (χ3v) is 0. The Kier molecular flexibility index (Phi) is 168. The third kappa shape index (κ3) is 23.2. The summed E-state index contributed by atoms with van der Waals surface area (Å²) in [7, 11) is 2.00. The first-order valence-electron chi connectivity index (χ1n) is 0.289. The van der Waals surface area contributed by atoms with Crippen molar-refractivity contribution in [3.63, 3.8) is 0 Å². The van der Waals surface area contributed by atoms with Crippen LogP contribution in [-0.2, 0) is 37.4 Å². The van der Waals surface area contributed by atoms with E-state index in [2.05, 4.69) is 0 Å². The summed E-state index contributed by atoms with van der Waals surface area (Å²) in [6.45, 7) is 0. The van der Waals surface area contributed by atoms with Crippen LogP contribution in [0.15, 0.2) is 0 Å². The third-order valence-electron chi connectivity index (χ3n) is 0. The molecule has 0 N–H and O–H groups in total. The molecule has 6 heteroatoms. The second kappa shape index (κ2) is 32.8. The van der Waals surface area contributed by atoms with E-state index < -0.39 is 0 Å². The minimum Gasteiger partial charge on any atom is 0 e. The minimum atomic E-state index is 0. The van der Waals surface area contributed by atoms with E-state index in [9.17, 15) is 0 Å². The Bertz CT molecular complexity index is 15.5.